The van der Waals surface area contributed by atoms with E-state index in [-0.39, 0.29) is 17.8 Å². The standard InChI is InChI=1S/C12H24N4O4S/c1-4-10(11(13)14-18)15-5-7-16(8-6-15)12(17)9(2)21(3,19)20/h9-10,18H,4-8H2,1-3H3,(H2,13,14). The first kappa shape index (κ1) is 17.7. The number of nitrogens with two attached hydrogens (primary N) is 1. The van der Waals surface area contributed by atoms with Crippen molar-refractivity contribution in [1.29, 1.82) is 0 Å². The van der Waals surface area contributed by atoms with Crippen LogP contribution in [-0.2, 0) is 14.6 Å². The number of carbonyl (C=O) groups excluding carboxylic acids is 1. The molecule has 9 heteroatoms. The van der Waals surface area contributed by atoms with Crippen LogP contribution in [-0.4, -0.2) is 78.9 Å². The number of piperazine rings is 1. The Bertz CT molecular complexity index is 497. The Labute approximate surface area is 125 Å². The van der Waals surface area contributed by atoms with Crippen molar-refractivity contribution < 1.29 is 18.4 Å². The highest BCUT2D eigenvalue weighted by molar-refractivity contribution is 7.92. The van der Waals surface area contributed by atoms with Crippen molar-refractivity contribution in [2.75, 3.05) is 32.4 Å². The van der Waals surface area contributed by atoms with Crippen LogP contribution in [0, 0.1) is 0 Å². The average molecular weight is 320 g/mol. The fraction of sp³-hybridized carbons (Fsp3) is 0.833. The highest BCUT2D eigenvalue weighted by atomic mass is 32.2. The SMILES string of the molecule is CCC(C(N)=NO)N1CCN(C(=O)C(C)S(C)(=O)=O)CC1. The largest absolute Gasteiger partial charge is 0.409 e. The number of hydrogen-bond donors (Lipinski definition) is 2. The lowest BCUT2D eigenvalue weighted by Gasteiger charge is -2.39. The van der Waals surface area contributed by atoms with Crippen LogP contribution in [0.2, 0.25) is 0 Å². The van der Waals surface area contributed by atoms with Crippen molar-refractivity contribution >= 4 is 21.6 Å². The number of sulfone groups is 1. The van der Waals surface area contributed by atoms with Gasteiger partial charge in [0.25, 0.3) is 0 Å². The third-order valence-corrected chi connectivity index (χ3v) is 5.39. The summed E-state index contributed by atoms with van der Waals surface area (Å²) in [5, 5.41) is 10.8. The molecule has 2 atom stereocenters. The molecule has 0 aliphatic carbocycles. The molecule has 0 aromatic heterocycles. The van der Waals surface area contributed by atoms with Gasteiger partial charge in [-0.2, -0.15) is 0 Å². The third-order valence-electron chi connectivity index (χ3n) is 3.90. The minimum absolute atomic E-state index is 0.154. The molecule has 1 fully saturated rings. The highest BCUT2D eigenvalue weighted by Crippen LogP contribution is 2.12. The van der Waals surface area contributed by atoms with Gasteiger partial charge in [-0.15, -0.1) is 0 Å². The summed E-state index contributed by atoms with van der Waals surface area (Å²) in [4.78, 5) is 15.7. The Kier molecular flexibility index (Phi) is 5.97. The predicted octanol–water partition coefficient (Wildman–Crippen LogP) is -0.911. The first-order chi connectivity index (χ1) is 9.72. The molecule has 0 bridgehead atoms. The Balaban J connectivity index is 2.66. The summed E-state index contributed by atoms with van der Waals surface area (Å²) in [6.07, 6.45) is 1.76. The molecule has 0 radical (unpaired) electrons. The maximum atomic E-state index is 12.1. The molecule has 2 unspecified atom stereocenters. The second kappa shape index (κ2) is 7.08. The van der Waals surface area contributed by atoms with Crippen molar-refractivity contribution in [3.63, 3.8) is 0 Å². The quantitative estimate of drug-likeness (QED) is 0.293. The van der Waals surface area contributed by atoms with Crippen molar-refractivity contribution in [1.82, 2.24) is 9.80 Å². The summed E-state index contributed by atoms with van der Waals surface area (Å²) in [5.41, 5.74) is 5.66. The number of amides is 1. The number of carbonyl (C=O) groups is 1. The molecule has 1 amide bonds. The fourth-order valence-electron chi connectivity index (χ4n) is 2.42. The van der Waals surface area contributed by atoms with E-state index in [4.69, 9.17) is 10.9 Å². The summed E-state index contributed by atoms with van der Waals surface area (Å²) in [6, 6.07) is -0.167. The van der Waals surface area contributed by atoms with Crippen LogP contribution in [0.15, 0.2) is 5.16 Å². The first-order valence-corrected chi connectivity index (χ1v) is 8.87. The molecule has 1 rings (SSSR count). The second-order valence-electron chi connectivity index (χ2n) is 5.28. The first-order valence-electron chi connectivity index (χ1n) is 6.91. The molecule has 8 nitrogen and oxygen atoms in total. The third kappa shape index (κ3) is 4.31. The molecule has 0 aromatic rings. The van der Waals surface area contributed by atoms with Gasteiger partial charge in [0.05, 0.1) is 6.04 Å². The van der Waals surface area contributed by atoms with Crippen LogP contribution in [0.25, 0.3) is 0 Å². The zero-order chi connectivity index (χ0) is 16.2. The minimum atomic E-state index is -3.38. The molecule has 3 N–H and O–H groups in total. The van der Waals surface area contributed by atoms with Crippen LogP contribution in [0.4, 0.5) is 0 Å². The van der Waals surface area contributed by atoms with E-state index in [9.17, 15) is 13.2 Å². The van der Waals surface area contributed by atoms with E-state index in [1.165, 1.54) is 6.92 Å². The number of amidine groups is 1. The number of oxime groups is 1. The van der Waals surface area contributed by atoms with Gasteiger partial charge in [-0.25, -0.2) is 8.42 Å². The van der Waals surface area contributed by atoms with Crippen LogP contribution in [0.5, 0.6) is 0 Å². The van der Waals surface area contributed by atoms with E-state index >= 15 is 0 Å². The van der Waals surface area contributed by atoms with Gasteiger partial charge in [-0.05, 0) is 13.3 Å². The van der Waals surface area contributed by atoms with Crippen LogP contribution >= 0.6 is 0 Å². The van der Waals surface area contributed by atoms with Gasteiger partial charge in [-0.3, -0.25) is 9.69 Å². The van der Waals surface area contributed by atoms with E-state index < -0.39 is 15.1 Å². The minimum Gasteiger partial charge on any atom is -0.409 e. The summed E-state index contributed by atoms with van der Waals surface area (Å²) in [6.45, 7) is 5.36. The number of rotatable bonds is 5. The molecule has 21 heavy (non-hydrogen) atoms. The van der Waals surface area contributed by atoms with Crippen LogP contribution < -0.4 is 5.73 Å². The average Bonchev–Trinajstić information content (AvgIpc) is 2.46. The Hall–Kier alpha value is -1.35. The van der Waals surface area contributed by atoms with Gasteiger partial charge in [0.15, 0.2) is 15.7 Å². The van der Waals surface area contributed by atoms with Crippen LogP contribution in [0.3, 0.4) is 0 Å². The number of hydrogen-bond acceptors (Lipinski definition) is 6. The molecular weight excluding hydrogens is 296 g/mol. The Morgan fingerprint density at radius 3 is 2.24 bits per heavy atom. The highest BCUT2D eigenvalue weighted by Gasteiger charge is 2.32. The summed E-state index contributed by atoms with van der Waals surface area (Å²) in [5.74, 6) is -0.212. The van der Waals surface area contributed by atoms with Gasteiger partial charge in [0.2, 0.25) is 5.91 Å². The van der Waals surface area contributed by atoms with Crippen molar-refractivity contribution in [2.24, 2.45) is 10.9 Å². The monoisotopic (exact) mass is 320 g/mol. The van der Waals surface area contributed by atoms with E-state index in [0.29, 0.717) is 32.6 Å². The van der Waals surface area contributed by atoms with Gasteiger partial charge in [0, 0.05) is 32.4 Å². The maximum absolute atomic E-state index is 12.1. The Morgan fingerprint density at radius 1 is 1.33 bits per heavy atom. The van der Waals surface area contributed by atoms with Crippen molar-refractivity contribution in [3.05, 3.63) is 0 Å². The molecular formula is C12H24N4O4S. The molecule has 1 saturated heterocycles. The lowest BCUT2D eigenvalue weighted by atomic mass is 10.1. The number of nitrogens with zero attached hydrogens (tertiary/aromatic N) is 3. The lowest BCUT2D eigenvalue weighted by Crippen LogP contribution is -2.56. The maximum Gasteiger partial charge on any atom is 0.240 e. The molecule has 122 valence electrons. The molecule has 0 aromatic carbocycles. The van der Waals surface area contributed by atoms with Gasteiger partial charge < -0.3 is 15.8 Å². The van der Waals surface area contributed by atoms with Gasteiger partial charge >= 0.3 is 0 Å². The smallest absolute Gasteiger partial charge is 0.240 e. The summed E-state index contributed by atoms with van der Waals surface area (Å²) >= 11 is 0. The Morgan fingerprint density at radius 2 is 1.86 bits per heavy atom. The topological polar surface area (TPSA) is 116 Å². The zero-order valence-corrected chi connectivity index (χ0v) is 13.5. The summed E-state index contributed by atoms with van der Waals surface area (Å²) in [7, 11) is -3.38. The fourth-order valence-corrected chi connectivity index (χ4v) is 2.93. The van der Waals surface area contributed by atoms with Gasteiger partial charge in [-0.1, -0.05) is 12.1 Å². The lowest BCUT2D eigenvalue weighted by molar-refractivity contribution is -0.132. The van der Waals surface area contributed by atoms with Crippen LogP contribution in [0.1, 0.15) is 20.3 Å². The molecule has 1 aliphatic rings. The van der Waals surface area contributed by atoms with E-state index in [0.717, 1.165) is 6.26 Å². The van der Waals surface area contributed by atoms with E-state index in [2.05, 4.69) is 5.16 Å². The molecule has 0 saturated carbocycles. The predicted molar refractivity (Wildman–Crippen MR) is 79.9 cm³/mol. The van der Waals surface area contributed by atoms with E-state index in [1.807, 2.05) is 11.8 Å². The normalized spacial score (nSPS) is 21.1. The molecule has 1 heterocycles. The van der Waals surface area contributed by atoms with Crippen molar-refractivity contribution in [3.8, 4) is 0 Å². The molecule has 1 aliphatic heterocycles. The molecule has 0 spiro atoms. The van der Waals surface area contributed by atoms with Crippen molar-refractivity contribution in [2.45, 2.75) is 31.6 Å². The second-order valence-corrected chi connectivity index (χ2v) is 7.65. The van der Waals surface area contributed by atoms with Gasteiger partial charge in [0.1, 0.15) is 5.25 Å². The zero-order valence-electron chi connectivity index (χ0n) is 12.7. The summed E-state index contributed by atoms with van der Waals surface area (Å²) < 4.78 is 22.9. The van der Waals surface area contributed by atoms with E-state index in [1.54, 1.807) is 4.90 Å².